The number of aliphatic hydroxyl groups is 1. The number of rotatable bonds is 2. The van der Waals surface area contributed by atoms with Crippen LogP contribution in [0.5, 0.6) is 5.75 Å². The van der Waals surface area contributed by atoms with Gasteiger partial charge in [-0.3, -0.25) is 0 Å². The van der Waals surface area contributed by atoms with Gasteiger partial charge in [0.2, 0.25) is 0 Å². The van der Waals surface area contributed by atoms with Gasteiger partial charge in [0.1, 0.15) is 0 Å². The Balaban J connectivity index is 3.13. The van der Waals surface area contributed by atoms with Gasteiger partial charge in [0.25, 0.3) is 0 Å². The smallest absolute Gasteiger partial charge is 0.170 e. The Kier molecular flexibility index (Phi) is 3.08. The van der Waals surface area contributed by atoms with E-state index in [9.17, 15) is 4.39 Å². The van der Waals surface area contributed by atoms with Gasteiger partial charge in [-0.05, 0) is 17.7 Å². The summed E-state index contributed by atoms with van der Waals surface area (Å²) in [5.41, 5.74) is 5.77. The Morgan fingerprint density at radius 2 is 2.15 bits per heavy atom. The number of aromatic hydroxyl groups is 1. The van der Waals surface area contributed by atoms with E-state index in [-0.39, 0.29) is 11.6 Å². The first-order valence-electron chi connectivity index (χ1n) is 3.60. The van der Waals surface area contributed by atoms with Gasteiger partial charge in [0, 0.05) is 0 Å². The van der Waals surface area contributed by atoms with Gasteiger partial charge in [-0.1, -0.05) is 11.6 Å². The molecule has 0 aliphatic rings. The number of hydrogen-bond acceptors (Lipinski definition) is 3. The third kappa shape index (κ3) is 2.09. The quantitative estimate of drug-likeness (QED) is 0.679. The summed E-state index contributed by atoms with van der Waals surface area (Å²) in [7, 11) is 0. The molecule has 0 radical (unpaired) electrons. The summed E-state index contributed by atoms with van der Waals surface area (Å²) in [6.45, 7) is -0.305. The predicted octanol–water partition coefficient (Wildman–Crippen LogP) is 1.18. The lowest BCUT2D eigenvalue weighted by Gasteiger charge is -2.09. The number of benzene rings is 1. The van der Waals surface area contributed by atoms with Crippen molar-refractivity contribution >= 4 is 11.6 Å². The van der Waals surface area contributed by atoms with Crippen LogP contribution in [-0.4, -0.2) is 16.8 Å². The first-order chi connectivity index (χ1) is 6.06. The van der Waals surface area contributed by atoms with Gasteiger partial charge < -0.3 is 15.9 Å². The third-order valence-corrected chi connectivity index (χ3v) is 1.95. The lowest BCUT2D eigenvalue weighted by atomic mass is 10.1. The van der Waals surface area contributed by atoms with E-state index in [0.29, 0.717) is 5.56 Å². The van der Waals surface area contributed by atoms with Crippen LogP contribution in [0.25, 0.3) is 0 Å². The number of hydrogen-bond donors (Lipinski definition) is 3. The zero-order chi connectivity index (χ0) is 10.0. The summed E-state index contributed by atoms with van der Waals surface area (Å²) in [6, 6.07) is 1.68. The zero-order valence-corrected chi connectivity index (χ0v) is 7.42. The summed E-state index contributed by atoms with van der Waals surface area (Å²) in [6.07, 6.45) is 0. The summed E-state index contributed by atoms with van der Waals surface area (Å²) in [5, 5.41) is 17.5. The molecular weight excluding hydrogens is 197 g/mol. The van der Waals surface area contributed by atoms with Crippen molar-refractivity contribution < 1.29 is 14.6 Å². The number of phenolic OH excluding ortho intramolecular Hbond substituents is 1. The molecule has 0 fully saturated rings. The maximum absolute atomic E-state index is 12.9. The van der Waals surface area contributed by atoms with E-state index < -0.39 is 17.6 Å². The van der Waals surface area contributed by atoms with Crippen LogP contribution in [0.3, 0.4) is 0 Å². The highest BCUT2D eigenvalue weighted by Gasteiger charge is 2.11. The molecule has 0 saturated heterocycles. The van der Waals surface area contributed by atoms with E-state index in [4.69, 9.17) is 27.5 Å². The molecule has 0 aromatic heterocycles. The van der Waals surface area contributed by atoms with Crippen molar-refractivity contribution in [2.45, 2.75) is 6.04 Å². The van der Waals surface area contributed by atoms with Crippen molar-refractivity contribution in [2.75, 3.05) is 6.61 Å². The fraction of sp³-hybridized carbons (Fsp3) is 0.250. The van der Waals surface area contributed by atoms with E-state index in [1.54, 1.807) is 0 Å². The van der Waals surface area contributed by atoms with Gasteiger partial charge >= 0.3 is 0 Å². The topological polar surface area (TPSA) is 66.5 Å². The van der Waals surface area contributed by atoms with Crippen LogP contribution in [0.2, 0.25) is 5.02 Å². The molecule has 0 amide bonds. The Hall–Kier alpha value is -0.840. The third-order valence-electron chi connectivity index (χ3n) is 1.66. The molecule has 13 heavy (non-hydrogen) atoms. The molecule has 1 rings (SSSR count). The number of nitrogens with two attached hydrogens (primary N) is 1. The highest BCUT2D eigenvalue weighted by atomic mass is 35.5. The highest BCUT2D eigenvalue weighted by molar-refractivity contribution is 6.32. The van der Waals surface area contributed by atoms with E-state index in [1.165, 1.54) is 6.07 Å². The zero-order valence-electron chi connectivity index (χ0n) is 6.67. The van der Waals surface area contributed by atoms with Gasteiger partial charge in [-0.25, -0.2) is 4.39 Å². The van der Waals surface area contributed by atoms with Crippen LogP contribution in [0, 0.1) is 5.82 Å². The fourth-order valence-electron chi connectivity index (χ4n) is 0.905. The van der Waals surface area contributed by atoms with Gasteiger partial charge in [0.15, 0.2) is 11.6 Å². The van der Waals surface area contributed by atoms with Crippen LogP contribution in [0.1, 0.15) is 11.6 Å². The second kappa shape index (κ2) is 3.91. The Morgan fingerprint density at radius 1 is 1.54 bits per heavy atom. The SMILES string of the molecule is NC(CO)c1cc(F)c(O)c(Cl)c1. The molecule has 1 aromatic rings. The van der Waals surface area contributed by atoms with Crippen LogP contribution in [0.15, 0.2) is 12.1 Å². The molecule has 1 unspecified atom stereocenters. The normalized spacial score (nSPS) is 12.9. The van der Waals surface area contributed by atoms with Crippen LogP contribution >= 0.6 is 11.6 Å². The summed E-state index contributed by atoms with van der Waals surface area (Å²) in [5.74, 6) is -1.44. The Labute approximate surface area is 79.6 Å². The molecule has 0 heterocycles. The van der Waals surface area contributed by atoms with Crippen LogP contribution in [-0.2, 0) is 0 Å². The number of halogens is 2. The molecule has 1 aromatic carbocycles. The molecule has 0 aliphatic heterocycles. The summed E-state index contributed by atoms with van der Waals surface area (Å²) < 4.78 is 12.9. The number of phenols is 1. The van der Waals surface area contributed by atoms with Crippen LogP contribution < -0.4 is 5.73 Å². The lowest BCUT2D eigenvalue weighted by Crippen LogP contribution is -2.14. The molecule has 0 aliphatic carbocycles. The van der Waals surface area contributed by atoms with Crippen molar-refractivity contribution in [2.24, 2.45) is 5.73 Å². The summed E-state index contributed by atoms with van der Waals surface area (Å²) in [4.78, 5) is 0. The average molecular weight is 206 g/mol. The molecular formula is C8H9ClFNO2. The monoisotopic (exact) mass is 205 g/mol. The molecule has 72 valence electrons. The van der Waals surface area contributed by atoms with E-state index in [2.05, 4.69) is 0 Å². The van der Waals surface area contributed by atoms with Gasteiger partial charge in [-0.2, -0.15) is 0 Å². The first-order valence-corrected chi connectivity index (χ1v) is 3.98. The molecule has 1 atom stereocenters. The predicted molar refractivity (Wildman–Crippen MR) is 47.1 cm³/mol. The fourth-order valence-corrected chi connectivity index (χ4v) is 1.12. The van der Waals surface area contributed by atoms with Crippen molar-refractivity contribution in [1.29, 1.82) is 0 Å². The van der Waals surface area contributed by atoms with E-state index in [1.807, 2.05) is 0 Å². The minimum atomic E-state index is -0.841. The average Bonchev–Trinajstić information content (AvgIpc) is 2.12. The largest absolute Gasteiger partial charge is 0.504 e. The molecule has 0 spiro atoms. The van der Waals surface area contributed by atoms with Crippen LogP contribution in [0.4, 0.5) is 4.39 Å². The molecule has 0 bridgehead atoms. The standard InChI is InChI=1S/C8H9ClFNO2/c9-5-1-4(7(11)3-12)2-6(10)8(5)13/h1-2,7,12-13H,3,11H2. The van der Waals surface area contributed by atoms with Crippen molar-refractivity contribution in [3.8, 4) is 5.75 Å². The molecule has 3 nitrogen and oxygen atoms in total. The molecule has 0 saturated carbocycles. The maximum Gasteiger partial charge on any atom is 0.170 e. The maximum atomic E-state index is 12.9. The van der Waals surface area contributed by atoms with Crippen molar-refractivity contribution in [3.05, 3.63) is 28.5 Å². The molecule has 5 heteroatoms. The second-order valence-corrected chi connectivity index (χ2v) is 3.03. The van der Waals surface area contributed by atoms with E-state index in [0.717, 1.165) is 6.07 Å². The molecule has 4 N–H and O–H groups in total. The minimum absolute atomic E-state index is 0.112. The second-order valence-electron chi connectivity index (χ2n) is 2.62. The van der Waals surface area contributed by atoms with E-state index >= 15 is 0 Å². The first kappa shape index (κ1) is 10.2. The van der Waals surface area contributed by atoms with Crippen molar-refractivity contribution in [1.82, 2.24) is 0 Å². The Morgan fingerprint density at radius 3 is 2.62 bits per heavy atom. The van der Waals surface area contributed by atoms with Gasteiger partial charge in [-0.15, -0.1) is 0 Å². The van der Waals surface area contributed by atoms with Gasteiger partial charge in [0.05, 0.1) is 17.7 Å². The number of aliphatic hydroxyl groups excluding tert-OH is 1. The Bertz CT molecular complexity index is 296. The minimum Gasteiger partial charge on any atom is -0.504 e. The summed E-state index contributed by atoms with van der Waals surface area (Å²) >= 11 is 5.49. The van der Waals surface area contributed by atoms with Crippen molar-refractivity contribution in [3.63, 3.8) is 0 Å². The highest BCUT2D eigenvalue weighted by Crippen LogP contribution is 2.29. The lowest BCUT2D eigenvalue weighted by molar-refractivity contribution is 0.267.